The smallest absolute Gasteiger partial charge is 0.203 e. The van der Waals surface area contributed by atoms with Gasteiger partial charge in [0.15, 0.2) is 0 Å². The molecule has 0 radical (unpaired) electrons. The Morgan fingerprint density at radius 3 is 2.91 bits per heavy atom. The summed E-state index contributed by atoms with van der Waals surface area (Å²) in [5.41, 5.74) is 5.24. The highest BCUT2D eigenvalue weighted by Gasteiger charge is 1.87. The van der Waals surface area contributed by atoms with Crippen molar-refractivity contribution in [1.29, 1.82) is 0 Å². The van der Waals surface area contributed by atoms with Gasteiger partial charge in [-0.05, 0) is 0 Å². The Labute approximate surface area is 75.3 Å². The summed E-state index contributed by atoms with van der Waals surface area (Å²) in [6, 6.07) is 0. The Hall–Kier alpha value is -0.130. The van der Waals surface area contributed by atoms with E-state index in [-0.39, 0.29) is 12.6 Å². The van der Waals surface area contributed by atoms with Crippen LogP contribution in [0, 0.1) is 0 Å². The highest BCUT2D eigenvalue weighted by molar-refractivity contribution is 7.99. The van der Waals surface area contributed by atoms with Gasteiger partial charge in [-0.3, -0.25) is 9.83 Å². The van der Waals surface area contributed by atoms with Gasteiger partial charge in [-0.2, -0.15) is 11.8 Å². The lowest BCUT2D eigenvalue weighted by molar-refractivity contribution is 0.322. The van der Waals surface area contributed by atoms with Gasteiger partial charge >= 0.3 is 0 Å². The number of rotatable bonds is 5. The predicted octanol–water partition coefficient (Wildman–Crippen LogP) is -0.230. The third-order valence-corrected chi connectivity index (χ3v) is 1.99. The first-order chi connectivity index (χ1) is 5.31. The zero-order valence-electron chi connectivity index (χ0n) is 6.09. The molecule has 0 bridgehead atoms. The molecule has 4 N–H and O–H groups in total. The van der Waals surface area contributed by atoms with Gasteiger partial charge in [0.25, 0.3) is 0 Å². The number of aliphatic imine (C=N–C) groups is 1. The first kappa shape index (κ1) is 10.9. The van der Waals surface area contributed by atoms with Gasteiger partial charge in [-0.15, -0.1) is 0 Å². The fourth-order valence-corrected chi connectivity index (χ4v) is 1.04. The second-order valence-corrected chi connectivity index (χ2v) is 3.11. The number of thioether (sulfide) groups is 1. The zero-order chi connectivity index (χ0) is 8.53. The fourth-order valence-electron chi connectivity index (χ4n) is 0.427. The average molecular weight is 198 g/mol. The molecular formula is C5H12ClN3OS. The highest BCUT2D eigenvalue weighted by Crippen LogP contribution is 1.96. The van der Waals surface area contributed by atoms with Crippen molar-refractivity contribution in [2.75, 3.05) is 24.7 Å². The van der Waals surface area contributed by atoms with Crippen molar-refractivity contribution in [3.63, 3.8) is 0 Å². The summed E-state index contributed by atoms with van der Waals surface area (Å²) in [5.74, 6) is 1.82. The lowest BCUT2D eigenvalue weighted by Crippen LogP contribution is -2.24. The molecule has 0 aromatic carbocycles. The second kappa shape index (κ2) is 7.97. The van der Waals surface area contributed by atoms with Crippen LogP contribution in [0.3, 0.4) is 0 Å². The van der Waals surface area contributed by atoms with Crippen LogP contribution in [0.4, 0.5) is 0 Å². The summed E-state index contributed by atoms with van der Waals surface area (Å²) in [4.78, 5) is 6.06. The SMILES string of the molecule is NC(=NCCSCCO)NCl. The molecular weight excluding hydrogens is 186 g/mol. The van der Waals surface area contributed by atoms with E-state index in [4.69, 9.17) is 22.6 Å². The maximum Gasteiger partial charge on any atom is 0.203 e. The molecule has 0 aromatic rings. The van der Waals surface area contributed by atoms with E-state index in [1.165, 1.54) is 0 Å². The van der Waals surface area contributed by atoms with Gasteiger partial charge in [0.1, 0.15) is 0 Å². The molecule has 6 heteroatoms. The normalized spacial score (nSPS) is 11.6. The van der Waals surface area contributed by atoms with E-state index >= 15 is 0 Å². The first-order valence-electron chi connectivity index (χ1n) is 3.16. The quantitative estimate of drug-likeness (QED) is 0.247. The fraction of sp³-hybridized carbons (Fsp3) is 0.800. The largest absolute Gasteiger partial charge is 0.396 e. The van der Waals surface area contributed by atoms with Crippen LogP contribution < -0.4 is 10.6 Å². The predicted molar refractivity (Wildman–Crippen MR) is 49.9 cm³/mol. The van der Waals surface area contributed by atoms with Gasteiger partial charge < -0.3 is 10.8 Å². The molecule has 0 saturated carbocycles. The number of aliphatic hydroxyl groups excluding tert-OH is 1. The molecule has 0 spiro atoms. The third kappa shape index (κ3) is 7.77. The maximum absolute atomic E-state index is 8.41. The molecule has 0 aliphatic rings. The van der Waals surface area contributed by atoms with Crippen molar-refractivity contribution in [2.45, 2.75) is 0 Å². The number of nitrogens with zero attached hydrogens (tertiary/aromatic N) is 1. The highest BCUT2D eigenvalue weighted by atomic mass is 35.5. The van der Waals surface area contributed by atoms with Gasteiger partial charge in [-0.1, -0.05) is 0 Å². The zero-order valence-corrected chi connectivity index (χ0v) is 7.66. The average Bonchev–Trinajstić information content (AvgIpc) is 2.04. The van der Waals surface area contributed by atoms with Crippen LogP contribution in [0.2, 0.25) is 0 Å². The molecule has 0 heterocycles. The number of aliphatic hydroxyl groups is 1. The van der Waals surface area contributed by atoms with Crippen LogP contribution in [0.1, 0.15) is 0 Å². The molecule has 66 valence electrons. The molecule has 0 atom stereocenters. The minimum absolute atomic E-state index is 0.206. The molecule has 0 fully saturated rings. The number of nitrogens with two attached hydrogens (primary N) is 1. The van der Waals surface area contributed by atoms with Gasteiger partial charge in [0.2, 0.25) is 5.96 Å². The summed E-state index contributed by atoms with van der Waals surface area (Å²) in [5, 5.41) is 8.41. The lowest BCUT2D eigenvalue weighted by atomic mass is 10.8. The van der Waals surface area contributed by atoms with Crippen LogP contribution in [-0.4, -0.2) is 35.7 Å². The Morgan fingerprint density at radius 1 is 1.64 bits per heavy atom. The molecule has 0 unspecified atom stereocenters. The molecule has 0 rings (SSSR count). The topological polar surface area (TPSA) is 70.6 Å². The summed E-state index contributed by atoms with van der Waals surface area (Å²) in [6.07, 6.45) is 0. The van der Waals surface area contributed by atoms with Crippen LogP contribution in [0.15, 0.2) is 4.99 Å². The van der Waals surface area contributed by atoms with Gasteiger partial charge in [-0.25, -0.2) is 0 Å². The number of guanidine groups is 1. The van der Waals surface area contributed by atoms with Crippen molar-refractivity contribution in [1.82, 2.24) is 4.84 Å². The summed E-state index contributed by atoms with van der Waals surface area (Å²) in [6.45, 7) is 0.827. The minimum atomic E-state index is 0.206. The number of hydrogen-bond donors (Lipinski definition) is 3. The van der Waals surface area contributed by atoms with Crippen LogP contribution >= 0.6 is 23.5 Å². The van der Waals surface area contributed by atoms with Crippen molar-refractivity contribution < 1.29 is 5.11 Å². The van der Waals surface area contributed by atoms with Gasteiger partial charge in [0, 0.05) is 23.3 Å². The van der Waals surface area contributed by atoms with Crippen molar-refractivity contribution in [2.24, 2.45) is 10.7 Å². The summed E-state index contributed by atoms with van der Waals surface area (Å²) < 4.78 is 0. The number of hydrogen-bond acceptors (Lipinski definition) is 3. The summed E-state index contributed by atoms with van der Waals surface area (Å²) >= 11 is 6.76. The van der Waals surface area contributed by atoms with Crippen LogP contribution in [0.25, 0.3) is 0 Å². The van der Waals surface area contributed by atoms with E-state index in [9.17, 15) is 0 Å². The van der Waals surface area contributed by atoms with E-state index in [0.29, 0.717) is 6.54 Å². The van der Waals surface area contributed by atoms with Crippen molar-refractivity contribution in [3.8, 4) is 0 Å². The van der Waals surface area contributed by atoms with E-state index in [0.717, 1.165) is 11.5 Å². The molecule has 0 aromatic heterocycles. The molecule has 4 nitrogen and oxygen atoms in total. The minimum Gasteiger partial charge on any atom is -0.396 e. The molecule has 0 saturated heterocycles. The van der Waals surface area contributed by atoms with Crippen LogP contribution in [-0.2, 0) is 0 Å². The van der Waals surface area contributed by atoms with Crippen LogP contribution in [0.5, 0.6) is 0 Å². The Bertz CT molecular complexity index is 122. The Balaban J connectivity index is 3.12. The van der Waals surface area contributed by atoms with Gasteiger partial charge in [0.05, 0.1) is 13.2 Å². The summed E-state index contributed by atoms with van der Waals surface area (Å²) in [7, 11) is 0. The number of nitrogens with one attached hydrogen (secondary N) is 1. The molecule has 0 aliphatic carbocycles. The Morgan fingerprint density at radius 2 is 2.36 bits per heavy atom. The monoisotopic (exact) mass is 197 g/mol. The lowest BCUT2D eigenvalue weighted by Gasteiger charge is -1.96. The third-order valence-electron chi connectivity index (χ3n) is 0.850. The maximum atomic E-state index is 8.41. The van der Waals surface area contributed by atoms with Crippen molar-refractivity contribution >= 4 is 29.5 Å². The van der Waals surface area contributed by atoms with E-state index in [1.807, 2.05) is 0 Å². The number of halogens is 1. The molecule has 11 heavy (non-hydrogen) atoms. The molecule has 0 amide bonds. The molecule has 0 aliphatic heterocycles. The van der Waals surface area contributed by atoms with Crippen molar-refractivity contribution in [3.05, 3.63) is 0 Å². The Kier molecular flexibility index (Phi) is 7.88. The second-order valence-electron chi connectivity index (χ2n) is 1.70. The standard InChI is InChI=1S/C5H12ClN3OS/c6-9-5(7)8-1-3-11-4-2-10/h10H,1-4H2,(H3,7,8,9). The van der Waals surface area contributed by atoms with E-state index in [2.05, 4.69) is 9.83 Å². The van der Waals surface area contributed by atoms with E-state index < -0.39 is 0 Å². The van der Waals surface area contributed by atoms with E-state index in [1.54, 1.807) is 11.8 Å². The first-order valence-corrected chi connectivity index (χ1v) is 4.69.